The lowest BCUT2D eigenvalue weighted by Crippen LogP contribution is -2.08. The van der Waals surface area contributed by atoms with Gasteiger partial charge < -0.3 is 5.11 Å². The first-order valence-corrected chi connectivity index (χ1v) is 6.39. The second-order valence-electron chi connectivity index (χ2n) is 4.29. The molecule has 1 heterocycles. The molecule has 0 saturated carbocycles. The van der Waals surface area contributed by atoms with E-state index in [-0.39, 0.29) is 12.2 Å². The highest BCUT2D eigenvalue weighted by Crippen LogP contribution is 2.23. The van der Waals surface area contributed by atoms with Crippen molar-refractivity contribution in [1.82, 2.24) is 9.78 Å². The predicted octanol–water partition coefficient (Wildman–Crippen LogP) is 2.91. The lowest BCUT2D eigenvalue weighted by molar-refractivity contribution is 0.167. The van der Waals surface area contributed by atoms with Crippen molar-refractivity contribution in [3.63, 3.8) is 0 Å². The van der Waals surface area contributed by atoms with Gasteiger partial charge in [-0.2, -0.15) is 5.10 Å². The van der Waals surface area contributed by atoms with Crippen LogP contribution in [0.15, 0.2) is 28.7 Å². The third-order valence-corrected chi connectivity index (χ3v) is 3.29. The van der Waals surface area contributed by atoms with Crippen LogP contribution in [0.4, 0.5) is 4.39 Å². The zero-order valence-corrected chi connectivity index (χ0v) is 11.8. The number of nitrogens with zero attached hydrogens (tertiary/aromatic N) is 2. The Kier molecular flexibility index (Phi) is 3.82. The number of aromatic nitrogens is 2. The van der Waals surface area contributed by atoms with Gasteiger partial charge >= 0.3 is 0 Å². The van der Waals surface area contributed by atoms with E-state index in [1.165, 1.54) is 6.07 Å². The Morgan fingerprint density at radius 3 is 2.78 bits per heavy atom. The standard InChI is InChI=1S/C13H14BrFN2O/c1-8-5-12(17(2)16-8)13(18)7-9-6-10(14)3-4-11(9)15/h3-6,13,18H,7H2,1-2H3. The van der Waals surface area contributed by atoms with Crippen LogP contribution in [-0.2, 0) is 13.5 Å². The zero-order valence-electron chi connectivity index (χ0n) is 10.2. The van der Waals surface area contributed by atoms with Crippen LogP contribution < -0.4 is 0 Å². The summed E-state index contributed by atoms with van der Waals surface area (Å²) in [4.78, 5) is 0. The van der Waals surface area contributed by atoms with Crippen LogP contribution in [-0.4, -0.2) is 14.9 Å². The van der Waals surface area contributed by atoms with Crippen molar-refractivity contribution >= 4 is 15.9 Å². The molecule has 1 N–H and O–H groups in total. The SMILES string of the molecule is Cc1cc(C(O)Cc2cc(Br)ccc2F)n(C)n1. The van der Waals surface area contributed by atoms with Gasteiger partial charge in [0.05, 0.1) is 17.5 Å². The average Bonchev–Trinajstić information content (AvgIpc) is 2.63. The lowest BCUT2D eigenvalue weighted by Gasteiger charge is -2.12. The van der Waals surface area contributed by atoms with Crippen LogP contribution in [0.3, 0.4) is 0 Å². The number of benzene rings is 1. The fourth-order valence-electron chi connectivity index (χ4n) is 1.96. The molecule has 18 heavy (non-hydrogen) atoms. The largest absolute Gasteiger partial charge is 0.386 e. The Morgan fingerprint density at radius 2 is 2.17 bits per heavy atom. The van der Waals surface area contributed by atoms with Gasteiger partial charge in [0.2, 0.25) is 0 Å². The highest BCUT2D eigenvalue weighted by Gasteiger charge is 2.16. The molecule has 0 spiro atoms. The summed E-state index contributed by atoms with van der Waals surface area (Å²) in [6.07, 6.45) is -0.537. The van der Waals surface area contributed by atoms with E-state index in [0.29, 0.717) is 11.3 Å². The van der Waals surface area contributed by atoms with Crippen LogP contribution in [0.1, 0.15) is 23.1 Å². The summed E-state index contributed by atoms with van der Waals surface area (Å²) in [5.41, 5.74) is 2.00. The first-order chi connectivity index (χ1) is 8.47. The van der Waals surface area contributed by atoms with Crippen molar-refractivity contribution in [3.05, 3.63) is 51.5 Å². The molecule has 0 aliphatic carbocycles. The molecule has 3 nitrogen and oxygen atoms in total. The van der Waals surface area contributed by atoms with Crippen molar-refractivity contribution in [2.24, 2.45) is 7.05 Å². The molecule has 1 atom stereocenters. The van der Waals surface area contributed by atoms with E-state index in [0.717, 1.165) is 10.2 Å². The van der Waals surface area contributed by atoms with Crippen LogP contribution in [0, 0.1) is 12.7 Å². The number of hydrogen-bond acceptors (Lipinski definition) is 2. The van der Waals surface area contributed by atoms with Gasteiger partial charge in [-0.05, 0) is 36.8 Å². The molecule has 0 bridgehead atoms. The topological polar surface area (TPSA) is 38.0 Å². The first kappa shape index (κ1) is 13.2. The molecule has 0 saturated heterocycles. The fourth-order valence-corrected chi connectivity index (χ4v) is 2.36. The quantitative estimate of drug-likeness (QED) is 0.946. The summed E-state index contributed by atoms with van der Waals surface area (Å²) in [6, 6.07) is 6.52. The van der Waals surface area contributed by atoms with E-state index in [4.69, 9.17) is 0 Å². The normalized spacial score (nSPS) is 12.7. The Bertz CT molecular complexity index is 568. The first-order valence-electron chi connectivity index (χ1n) is 5.60. The number of hydrogen-bond donors (Lipinski definition) is 1. The van der Waals surface area contributed by atoms with Crippen LogP contribution >= 0.6 is 15.9 Å². The molecule has 0 radical (unpaired) electrons. The number of aliphatic hydroxyl groups excluding tert-OH is 1. The maximum Gasteiger partial charge on any atom is 0.126 e. The number of aliphatic hydroxyl groups is 1. The highest BCUT2D eigenvalue weighted by atomic mass is 79.9. The van der Waals surface area contributed by atoms with Crippen molar-refractivity contribution in [2.75, 3.05) is 0 Å². The summed E-state index contributed by atoms with van der Waals surface area (Å²) in [5, 5.41) is 14.3. The summed E-state index contributed by atoms with van der Waals surface area (Å²) >= 11 is 3.30. The van der Waals surface area contributed by atoms with Gasteiger partial charge in [0, 0.05) is 17.9 Å². The number of aryl methyl sites for hydroxylation is 2. The van der Waals surface area contributed by atoms with Gasteiger partial charge in [0.1, 0.15) is 5.82 Å². The van der Waals surface area contributed by atoms with E-state index < -0.39 is 6.10 Å². The zero-order chi connectivity index (χ0) is 13.3. The van der Waals surface area contributed by atoms with Gasteiger partial charge in [0.25, 0.3) is 0 Å². The van der Waals surface area contributed by atoms with Gasteiger partial charge in [-0.3, -0.25) is 4.68 Å². The average molecular weight is 313 g/mol. The molecule has 1 aromatic carbocycles. The minimum Gasteiger partial charge on any atom is -0.386 e. The van der Waals surface area contributed by atoms with Crippen molar-refractivity contribution in [3.8, 4) is 0 Å². The Labute approximate surface area is 113 Å². The Balaban J connectivity index is 2.23. The molecule has 0 aliphatic rings. The lowest BCUT2D eigenvalue weighted by atomic mass is 10.0. The molecule has 1 aromatic heterocycles. The summed E-state index contributed by atoms with van der Waals surface area (Å²) < 4.78 is 16.0. The van der Waals surface area contributed by atoms with Crippen molar-refractivity contribution < 1.29 is 9.50 Å². The summed E-state index contributed by atoms with van der Waals surface area (Å²) in [6.45, 7) is 1.86. The summed E-state index contributed by atoms with van der Waals surface area (Å²) in [5.74, 6) is -0.309. The van der Waals surface area contributed by atoms with Crippen LogP contribution in [0.2, 0.25) is 0 Å². The Morgan fingerprint density at radius 1 is 1.44 bits per heavy atom. The second-order valence-corrected chi connectivity index (χ2v) is 5.21. The molecule has 0 amide bonds. The molecule has 0 aliphatic heterocycles. The van der Waals surface area contributed by atoms with Gasteiger partial charge in [0.15, 0.2) is 0 Å². The van der Waals surface area contributed by atoms with Crippen molar-refractivity contribution in [2.45, 2.75) is 19.4 Å². The van der Waals surface area contributed by atoms with Crippen LogP contribution in [0.25, 0.3) is 0 Å². The van der Waals surface area contributed by atoms with E-state index in [1.807, 2.05) is 6.92 Å². The maximum atomic E-state index is 13.6. The molecule has 2 aromatic rings. The molecule has 0 fully saturated rings. The molecule has 1 unspecified atom stereocenters. The molecule has 96 valence electrons. The maximum absolute atomic E-state index is 13.6. The Hall–Kier alpha value is -1.20. The van der Waals surface area contributed by atoms with E-state index in [9.17, 15) is 9.50 Å². The third-order valence-electron chi connectivity index (χ3n) is 2.80. The number of halogens is 2. The minimum atomic E-state index is -0.764. The smallest absolute Gasteiger partial charge is 0.126 e. The van der Waals surface area contributed by atoms with Crippen LogP contribution in [0.5, 0.6) is 0 Å². The van der Waals surface area contributed by atoms with Crippen molar-refractivity contribution in [1.29, 1.82) is 0 Å². The molecular weight excluding hydrogens is 299 g/mol. The fraction of sp³-hybridized carbons (Fsp3) is 0.308. The molecule has 2 rings (SSSR count). The predicted molar refractivity (Wildman–Crippen MR) is 70.7 cm³/mol. The van der Waals surface area contributed by atoms with Gasteiger partial charge in [-0.1, -0.05) is 15.9 Å². The van der Waals surface area contributed by atoms with E-state index in [2.05, 4.69) is 21.0 Å². The van der Waals surface area contributed by atoms with Gasteiger partial charge in [-0.15, -0.1) is 0 Å². The summed E-state index contributed by atoms with van der Waals surface area (Å²) in [7, 11) is 1.77. The molecular formula is C13H14BrFN2O. The molecule has 5 heteroatoms. The van der Waals surface area contributed by atoms with Gasteiger partial charge in [-0.25, -0.2) is 4.39 Å². The third kappa shape index (κ3) is 2.79. The number of rotatable bonds is 3. The van der Waals surface area contributed by atoms with E-state index in [1.54, 1.807) is 29.9 Å². The van der Waals surface area contributed by atoms with E-state index >= 15 is 0 Å². The second kappa shape index (κ2) is 5.20. The highest BCUT2D eigenvalue weighted by molar-refractivity contribution is 9.10. The minimum absolute atomic E-state index is 0.226. The monoisotopic (exact) mass is 312 g/mol.